The van der Waals surface area contributed by atoms with Crippen molar-refractivity contribution in [2.75, 3.05) is 25.1 Å². The van der Waals surface area contributed by atoms with Gasteiger partial charge in [0.25, 0.3) is 5.91 Å². The molecule has 2 heterocycles. The minimum absolute atomic E-state index is 0.0681. The normalized spacial score (nSPS) is 16.7. The first-order valence-corrected chi connectivity index (χ1v) is 9.28. The molecule has 1 fully saturated rings. The minimum Gasteiger partial charge on any atom is -0.481 e. The third-order valence-corrected chi connectivity index (χ3v) is 5.20. The van der Waals surface area contributed by atoms with Gasteiger partial charge in [-0.3, -0.25) is 4.79 Å². The molecule has 0 unspecified atom stereocenters. The fraction of sp³-hybridized carbons (Fsp3) is 0.333. The Morgan fingerprint density at radius 3 is 2.85 bits per heavy atom. The van der Waals surface area contributed by atoms with Crippen molar-refractivity contribution >= 4 is 22.5 Å². The monoisotopic (exact) mass is 364 g/mol. The fourth-order valence-electron chi connectivity index (χ4n) is 3.88. The molecule has 2 aromatic carbocycles. The Labute approximate surface area is 158 Å². The lowest BCUT2D eigenvalue weighted by Gasteiger charge is -2.27. The van der Waals surface area contributed by atoms with E-state index in [4.69, 9.17) is 4.74 Å². The molecule has 27 heavy (non-hydrogen) atoms. The lowest BCUT2D eigenvalue weighted by molar-refractivity contribution is 0.0951. The molecule has 140 valence electrons. The van der Waals surface area contributed by atoms with Crippen molar-refractivity contribution < 1.29 is 9.53 Å². The number of nitrogens with zero attached hydrogens (tertiary/aromatic N) is 3. The first-order chi connectivity index (χ1) is 13.2. The number of ether oxygens (including phenoxy) is 1. The van der Waals surface area contributed by atoms with Crippen LogP contribution in [0.1, 0.15) is 23.2 Å². The quantitative estimate of drug-likeness (QED) is 0.756. The number of aryl methyl sites for hydroxylation is 1. The Kier molecular flexibility index (Phi) is 4.71. The van der Waals surface area contributed by atoms with Crippen LogP contribution in [0.25, 0.3) is 10.9 Å². The van der Waals surface area contributed by atoms with Crippen LogP contribution in [0.2, 0.25) is 0 Å². The van der Waals surface area contributed by atoms with E-state index >= 15 is 0 Å². The predicted molar refractivity (Wildman–Crippen MR) is 106 cm³/mol. The number of carbonyl (C=O) groups is 1. The highest BCUT2D eigenvalue weighted by Crippen LogP contribution is 2.26. The molecule has 1 amide bonds. The van der Waals surface area contributed by atoms with Crippen molar-refractivity contribution in [2.45, 2.75) is 18.9 Å². The van der Waals surface area contributed by atoms with Crippen LogP contribution in [-0.4, -0.2) is 41.9 Å². The van der Waals surface area contributed by atoms with Crippen molar-refractivity contribution in [2.24, 2.45) is 7.05 Å². The molecule has 6 nitrogen and oxygen atoms in total. The van der Waals surface area contributed by atoms with Crippen molar-refractivity contribution in [3.05, 3.63) is 54.1 Å². The van der Waals surface area contributed by atoms with Crippen molar-refractivity contribution in [3.63, 3.8) is 0 Å². The number of benzene rings is 2. The Hall–Kier alpha value is -3.02. The zero-order valence-corrected chi connectivity index (χ0v) is 15.7. The summed E-state index contributed by atoms with van der Waals surface area (Å²) in [5.41, 5.74) is 2.59. The Morgan fingerprint density at radius 2 is 2.07 bits per heavy atom. The molecule has 0 spiro atoms. The van der Waals surface area contributed by atoms with Gasteiger partial charge in [0.2, 0.25) is 5.88 Å². The molecular formula is C21H24N4O2. The van der Waals surface area contributed by atoms with Crippen molar-refractivity contribution in [1.29, 1.82) is 0 Å². The zero-order valence-electron chi connectivity index (χ0n) is 15.7. The van der Waals surface area contributed by atoms with Crippen molar-refractivity contribution in [3.8, 4) is 5.88 Å². The summed E-state index contributed by atoms with van der Waals surface area (Å²) in [6.07, 6.45) is 2.24. The number of anilines is 1. The van der Waals surface area contributed by atoms with E-state index in [1.807, 2.05) is 31.3 Å². The molecule has 0 radical (unpaired) electrons. The molecule has 1 aliphatic heterocycles. The van der Waals surface area contributed by atoms with E-state index in [1.54, 1.807) is 11.8 Å². The van der Waals surface area contributed by atoms with Crippen LogP contribution in [0.15, 0.2) is 48.5 Å². The number of amides is 1. The van der Waals surface area contributed by atoms with Gasteiger partial charge in [-0.15, -0.1) is 0 Å². The molecule has 1 N–H and O–H groups in total. The second-order valence-electron chi connectivity index (χ2n) is 6.90. The average Bonchev–Trinajstić information content (AvgIpc) is 3.29. The third-order valence-electron chi connectivity index (χ3n) is 5.20. The van der Waals surface area contributed by atoms with Gasteiger partial charge < -0.3 is 15.0 Å². The highest BCUT2D eigenvalue weighted by molar-refractivity contribution is 5.98. The lowest BCUT2D eigenvalue weighted by Crippen LogP contribution is -2.40. The highest BCUT2D eigenvalue weighted by Gasteiger charge is 2.25. The van der Waals surface area contributed by atoms with Crippen LogP contribution in [0.3, 0.4) is 0 Å². The van der Waals surface area contributed by atoms with E-state index < -0.39 is 0 Å². The molecule has 3 aromatic rings. The van der Waals surface area contributed by atoms with Gasteiger partial charge in [-0.25, -0.2) is 4.68 Å². The van der Waals surface area contributed by atoms with Crippen LogP contribution in [-0.2, 0) is 7.05 Å². The minimum atomic E-state index is -0.0681. The molecule has 4 rings (SSSR count). The van der Waals surface area contributed by atoms with E-state index in [1.165, 1.54) is 5.69 Å². The van der Waals surface area contributed by atoms with Gasteiger partial charge in [0, 0.05) is 37.4 Å². The van der Waals surface area contributed by atoms with E-state index in [2.05, 4.69) is 39.6 Å². The maximum Gasteiger partial charge on any atom is 0.251 e. The van der Waals surface area contributed by atoms with E-state index in [9.17, 15) is 4.79 Å². The highest BCUT2D eigenvalue weighted by atomic mass is 16.5. The van der Waals surface area contributed by atoms with Crippen LogP contribution in [0.5, 0.6) is 5.88 Å². The third kappa shape index (κ3) is 3.35. The van der Waals surface area contributed by atoms with Gasteiger partial charge in [-0.05, 0) is 43.2 Å². The largest absolute Gasteiger partial charge is 0.481 e. The van der Waals surface area contributed by atoms with Crippen LogP contribution >= 0.6 is 0 Å². The van der Waals surface area contributed by atoms with Gasteiger partial charge in [-0.1, -0.05) is 18.2 Å². The molecule has 6 heteroatoms. The number of hydrogen-bond acceptors (Lipinski definition) is 4. The maximum atomic E-state index is 12.7. The summed E-state index contributed by atoms with van der Waals surface area (Å²) in [4.78, 5) is 15.0. The topological polar surface area (TPSA) is 59.4 Å². The summed E-state index contributed by atoms with van der Waals surface area (Å²) < 4.78 is 7.04. The Bertz CT molecular complexity index is 951. The number of methoxy groups -OCH3 is 1. The molecule has 0 saturated carbocycles. The summed E-state index contributed by atoms with van der Waals surface area (Å²) in [5, 5.41) is 8.42. The summed E-state index contributed by atoms with van der Waals surface area (Å²) in [5.74, 6) is 0.628. The second-order valence-corrected chi connectivity index (χ2v) is 6.90. The standard InChI is InChI=1S/C21H24N4O2/c1-24-21(27-2)18-11-10-15(13-19(18)23-24)20(26)22-14-17-9-6-12-25(17)16-7-4-3-5-8-16/h3-5,7-8,10-11,13,17H,6,9,12,14H2,1-2H3,(H,22,26)/t17-/m1/s1. The summed E-state index contributed by atoms with van der Waals surface area (Å²) in [6, 6.07) is 16.3. The number of aromatic nitrogens is 2. The SMILES string of the molecule is COc1c2ccc(C(=O)NC[C@H]3CCCN3c3ccccc3)cc2nn1C. The smallest absolute Gasteiger partial charge is 0.251 e. The molecule has 0 bridgehead atoms. The molecule has 1 atom stereocenters. The first-order valence-electron chi connectivity index (χ1n) is 9.28. The Morgan fingerprint density at radius 1 is 1.26 bits per heavy atom. The van der Waals surface area contributed by atoms with Crippen LogP contribution < -0.4 is 15.0 Å². The predicted octanol–water partition coefficient (Wildman–Crippen LogP) is 2.98. The van der Waals surface area contributed by atoms with Gasteiger partial charge >= 0.3 is 0 Å². The van der Waals surface area contributed by atoms with E-state index in [0.717, 1.165) is 30.3 Å². The number of rotatable bonds is 5. The number of hydrogen-bond donors (Lipinski definition) is 1. The maximum absolute atomic E-state index is 12.7. The molecule has 1 aromatic heterocycles. The van der Waals surface area contributed by atoms with Gasteiger partial charge in [0.1, 0.15) is 0 Å². The fourth-order valence-corrected chi connectivity index (χ4v) is 3.88. The summed E-state index contributed by atoms with van der Waals surface area (Å²) in [7, 11) is 3.45. The van der Waals surface area contributed by atoms with Crippen LogP contribution in [0, 0.1) is 0 Å². The summed E-state index contributed by atoms with van der Waals surface area (Å²) >= 11 is 0. The number of carbonyl (C=O) groups excluding carboxylic acids is 1. The number of nitrogens with one attached hydrogen (secondary N) is 1. The van der Waals surface area contributed by atoms with Crippen LogP contribution in [0.4, 0.5) is 5.69 Å². The Balaban J connectivity index is 1.45. The van der Waals surface area contributed by atoms with Gasteiger partial charge in [0.05, 0.1) is 18.0 Å². The van der Waals surface area contributed by atoms with Gasteiger partial charge in [-0.2, -0.15) is 5.10 Å². The summed E-state index contributed by atoms with van der Waals surface area (Å²) in [6.45, 7) is 1.67. The second kappa shape index (κ2) is 7.31. The average molecular weight is 364 g/mol. The molecule has 0 aliphatic carbocycles. The molecule has 1 aliphatic rings. The first kappa shape index (κ1) is 17.4. The van der Waals surface area contributed by atoms with E-state index in [0.29, 0.717) is 24.0 Å². The van der Waals surface area contributed by atoms with E-state index in [-0.39, 0.29) is 5.91 Å². The zero-order chi connectivity index (χ0) is 18.8. The number of fused-ring (bicyclic) bond motifs is 1. The molecule has 1 saturated heterocycles. The number of para-hydroxylation sites is 1. The van der Waals surface area contributed by atoms with Crippen molar-refractivity contribution in [1.82, 2.24) is 15.1 Å². The molecular weight excluding hydrogens is 340 g/mol. The van der Waals surface area contributed by atoms with Gasteiger partial charge in [0.15, 0.2) is 0 Å². The lowest BCUT2D eigenvalue weighted by atomic mass is 10.1.